The Balaban J connectivity index is 0.00000182. The third-order valence-electron chi connectivity index (χ3n) is 4.10. The summed E-state index contributed by atoms with van der Waals surface area (Å²) in [6.07, 6.45) is 2.15. The van der Waals surface area contributed by atoms with Gasteiger partial charge in [0, 0.05) is 10.4 Å². The highest BCUT2D eigenvalue weighted by molar-refractivity contribution is 7.15. The molecule has 0 radical (unpaired) electrons. The van der Waals surface area contributed by atoms with Gasteiger partial charge in [-0.3, -0.25) is 0 Å². The SMILES string of the molecule is Cc1nc(N2C=C(c3ccccc3)[NH2+]N2c2ccccc2)sc1C.[Br-]. The summed E-state index contributed by atoms with van der Waals surface area (Å²) in [5, 5.41) is 5.26. The Labute approximate surface area is 162 Å². The number of quaternary nitrogens is 1. The second-order valence-corrected chi connectivity index (χ2v) is 6.92. The third-order valence-corrected chi connectivity index (χ3v) is 5.16. The topological polar surface area (TPSA) is 36.0 Å². The first-order chi connectivity index (χ1) is 11.7. The lowest BCUT2D eigenvalue weighted by Gasteiger charge is -2.23. The molecule has 1 aliphatic heterocycles. The number of benzene rings is 2. The highest BCUT2D eigenvalue weighted by Gasteiger charge is 2.31. The second-order valence-electron chi connectivity index (χ2n) is 5.74. The van der Waals surface area contributed by atoms with E-state index < -0.39 is 0 Å². The monoisotopic (exact) mass is 414 g/mol. The Morgan fingerprint density at radius 2 is 1.56 bits per heavy atom. The number of halogens is 1. The summed E-state index contributed by atoms with van der Waals surface area (Å²) in [5.41, 5.74) is 6.74. The Bertz CT molecular complexity index is 857. The van der Waals surface area contributed by atoms with Gasteiger partial charge in [-0.1, -0.05) is 47.7 Å². The molecule has 0 spiro atoms. The van der Waals surface area contributed by atoms with E-state index >= 15 is 0 Å². The van der Waals surface area contributed by atoms with Gasteiger partial charge in [-0.15, -0.1) is 5.12 Å². The predicted octanol–water partition coefficient (Wildman–Crippen LogP) is 0.483. The van der Waals surface area contributed by atoms with E-state index in [1.54, 1.807) is 11.3 Å². The fraction of sp³-hybridized carbons (Fsp3) is 0.105. The summed E-state index contributed by atoms with van der Waals surface area (Å²) in [4.78, 5) is 5.98. The molecule has 3 aromatic rings. The summed E-state index contributed by atoms with van der Waals surface area (Å²) >= 11 is 1.72. The number of para-hydroxylation sites is 1. The molecule has 0 saturated carbocycles. The fourth-order valence-electron chi connectivity index (χ4n) is 2.68. The summed E-state index contributed by atoms with van der Waals surface area (Å²) in [7, 11) is 0. The number of aromatic nitrogens is 1. The molecular formula is C19H19BrN4S. The molecule has 2 N–H and O–H groups in total. The van der Waals surface area contributed by atoms with Crippen LogP contribution in [-0.4, -0.2) is 4.98 Å². The summed E-state index contributed by atoms with van der Waals surface area (Å²) in [5.74, 6) is 0. The van der Waals surface area contributed by atoms with E-state index in [0.29, 0.717) is 0 Å². The van der Waals surface area contributed by atoms with Crippen molar-refractivity contribution >= 4 is 27.9 Å². The maximum Gasteiger partial charge on any atom is 0.213 e. The van der Waals surface area contributed by atoms with Crippen LogP contribution in [0.25, 0.3) is 5.70 Å². The van der Waals surface area contributed by atoms with Gasteiger partial charge in [0.05, 0.1) is 11.9 Å². The van der Waals surface area contributed by atoms with Gasteiger partial charge in [0.1, 0.15) is 5.69 Å². The molecule has 128 valence electrons. The zero-order valence-corrected chi connectivity index (χ0v) is 16.5. The maximum atomic E-state index is 4.73. The third kappa shape index (κ3) is 3.46. The van der Waals surface area contributed by atoms with E-state index in [-0.39, 0.29) is 17.0 Å². The van der Waals surface area contributed by atoms with Gasteiger partial charge in [-0.25, -0.2) is 4.98 Å². The molecule has 4 rings (SSSR count). The van der Waals surface area contributed by atoms with Crippen LogP contribution in [0.4, 0.5) is 10.8 Å². The first-order valence-corrected chi connectivity index (χ1v) is 8.73. The minimum atomic E-state index is 0. The number of rotatable bonds is 3. The standard InChI is InChI=1S/C19H18N4S.BrH/c1-14-15(2)24-19(20-14)22-13-18(16-9-5-3-6-10-16)21-23(22)17-11-7-4-8-12-17;/h3-13,21H,1-2H3;1H. The minimum absolute atomic E-state index is 0. The number of aryl methyl sites for hydroxylation is 2. The van der Waals surface area contributed by atoms with Crippen LogP contribution < -0.4 is 32.5 Å². The number of hydrazine groups is 1. The molecule has 0 fully saturated rings. The minimum Gasteiger partial charge on any atom is -1.00 e. The van der Waals surface area contributed by atoms with Gasteiger partial charge in [-0.05, 0) is 38.1 Å². The number of hydrogen-bond acceptors (Lipinski definition) is 4. The summed E-state index contributed by atoms with van der Waals surface area (Å²) < 4.78 is 0. The number of hydrogen-bond donors (Lipinski definition) is 1. The Hall–Kier alpha value is -2.15. The van der Waals surface area contributed by atoms with Crippen molar-refractivity contribution in [3.8, 4) is 0 Å². The van der Waals surface area contributed by atoms with E-state index in [4.69, 9.17) is 4.98 Å². The van der Waals surface area contributed by atoms with E-state index in [1.807, 2.05) is 12.1 Å². The lowest BCUT2D eigenvalue weighted by atomic mass is 10.2. The molecule has 1 aromatic heterocycles. The number of nitrogens with zero attached hydrogens (tertiary/aromatic N) is 3. The first-order valence-electron chi connectivity index (χ1n) is 7.92. The van der Waals surface area contributed by atoms with Crippen LogP contribution in [0.5, 0.6) is 0 Å². The maximum absolute atomic E-state index is 4.73. The van der Waals surface area contributed by atoms with E-state index in [2.05, 4.69) is 84.1 Å². The van der Waals surface area contributed by atoms with Crippen molar-refractivity contribution in [2.45, 2.75) is 13.8 Å². The van der Waals surface area contributed by atoms with Crippen LogP contribution in [0.3, 0.4) is 0 Å². The van der Waals surface area contributed by atoms with Gasteiger partial charge in [0.2, 0.25) is 5.13 Å². The zero-order chi connectivity index (χ0) is 16.5. The van der Waals surface area contributed by atoms with Gasteiger partial charge < -0.3 is 17.0 Å². The van der Waals surface area contributed by atoms with Crippen LogP contribution in [0.2, 0.25) is 0 Å². The van der Waals surface area contributed by atoms with Crippen LogP contribution in [0, 0.1) is 13.8 Å². The second kappa shape index (κ2) is 7.39. The van der Waals surface area contributed by atoms with Crippen molar-refractivity contribution in [2.24, 2.45) is 0 Å². The van der Waals surface area contributed by atoms with Crippen molar-refractivity contribution in [3.05, 3.63) is 83.0 Å². The van der Waals surface area contributed by atoms with Crippen LogP contribution in [0.15, 0.2) is 66.9 Å². The fourth-order valence-corrected chi connectivity index (χ4v) is 3.57. The number of nitrogens with two attached hydrogens (primary N) is 1. The molecule has 4 nitrogen and oxygen atoms in total. The molecule has 0 bridgehead atoms. The Morgan fingerprint density at radius 1 is 0.920 bits per heavy atom. The Morgan fingerprint density at radius 3 is 2.16 bits per heavy atom. The van der Waals surface area contributed by atoms with Crippen molar-refractivity contribution < 1.29 is 22.4 Å². The molecule has 2 heterocycles. The highest BCUT2D eigenvalue weighted by atomic mass is 79.9. The first kappa shape index (κ1) is 17.7. The molecule has 0 saturated heterocycles. The molecule has 1 aliphatic rings. The lowest BCUT2D eigenvalue weighted by molar-refractivity contribution is -0.569. The van der Waals surface area contributed by atoms with E-state index in [0.717, 1.165) is 16.5 Å². The smallest absolute Gasteiger partial charge is 0.213 e. The quantitative estimate of drug-likeness (QED) is 0.633. The van der Waals surface area contributed by atoms with Gasteiger partial charge in [0.25, 0.3) is 0 Å². The molecule has 2 aromatic carbocycles. The average molecular weight is 415 g/mol. The Kier molecular flexibility index (Phi) is 5.22. The predicted molar refractivity (Wildman–Crippen MR) is 99.3 cm³/mol. The summed E-state index contributed by atoms with van der Waals surface area (Å²) in [6, 6.07) is 20.8. The molecule has 0 atom stereocenters. The molecule has 6 heteroatoms. The van der Waals surface area contributed by atoms with Crippen LogP contribution >= 0.6 is 11.3 Å². The summed E-state index contributed by atoms with van der Waals surface area (Å²) in [6.45, 7) is 4.18. The largest absolute Gasteiger partial charge is 1.00 e. The molecule has 25 heavy (non-hydrogen) atoms. The van der Waals surface area contributed by atoms with Crippen LogP contribution in [0.1, 0.15) is 16.1 Å². The lowest BCUT2D eigenvalue weighted by Crippen LogP contribution is -3.00. The van der Waals surface area contributed by atoms with E-state index in [1.165, 1.54) is 16.1 Å². The van der Waals surface area contributed by atoms with Crippen molar-refractivity contribution in [3.63, 3.8) is 0 Å². The van der Waals surface area contributed by atoms with Crippen molar-refractivity contribution in [1.82, 2.24) is 4.98 Å². The van der Waals surface area contributed by atoms with Crippen LogP contribution in [-0.2, 0) is 0 Å². The molecular weight excluding hydrogens is 396 g/mol. The number of thiazole rings is 1. The highest BCUT2D eigenvalue weighted by Crippen LogP contribution is 2.30. The van der Waals surface area contributed by atoms with E-state index in [9.17, 15) is 0 Å². The average Bonchev–Trinajstić information content (AvgIpc) is 3.21. The number of anilines is 2. The van der Waals surface area contributed by atoms with Crippen molar-refractivity contribution in [1.29, 1.82) is 0 Å². The van der Waals surface area contributed by atoms with Gasteiger partial charge in [-0.2, -0.15) is 10.4 Å². The van der Waals surface area contributed by atoms with Gasteiger partial charge >= 0.3 is 0 Å². The molecule has 0 amide bonds. The molecule has 0 unspecified atom stereocenters. The normalized spacial score (nSPS) is 13.6. The zero-order valence-electron chi connectivity index (χ0n) is 14.1. The van der Waals surface area contributed by atoms with Crippen molar-refractivity contribution in [2.75, 3.05) is 10.1 Å². The molecule has 0 aliphatic carbocycles. The van der Waals surface area contributed by atoms with Gasteiger partial charge in [0.15, 0.2) is 5.70 Å².